The van der Waals surface area contributed by atoms with Gasteiger partial charge in [0.15, 0.2) is 5.82 Å². The summed E-state index contributed by atoms with van der Waals surface area (Å²) in [6.07, 6.45) is -0.243. The van der Waals surface area contributed by atoms with Crippen LogP contribution in [-0.4, -0.2) is 53.0 Å². The molecular weight excluding hydrogens is 256 g/mol. The zero-order chi connectivity index (χ0) is 14.8. The van der Waals surface area contributed by atoms with Crippen molar-refractivity contribution in [2.45, 2.75) is 33.3 Å². The average molecular weight is 278 g/mol. The Hall–Kier alpha value is -1.85. The highest BCUT2D eigenvalue weighted by molar-refractivity contribution is 5.68. The highest BCUT2D eigenvalue weighted by Crippen LogP contribution is 2.15. The van der Waals surface area contributed by atoms with E-state index in [0.717, 1.165) is 24.6 Å². The summed E-state index contributed by atoms with van der Waals surface area (Å²) in [4.78, 5) is 15.8. The summed E-state index contributed by atoms with van der Waals surface area (Å²) in [5, 5.41) is 8.23. The zero-order valence-electron chi connectivity index (χ0n) is 12.6. The first-order chi connectivity index (χ1) is 9.35. The topological polar surface area (TPSA) is 58.6 Å². The molecule has 1 fully saturated rings. The Labute approximate surface area is 119 Å². The second-order valence-corrected chi connectivity index (χ2v) is 5.99. The van der Waals surface area contributed by atoms with E-state index in [1.54, 1.807) is 4.90 Å². The highest BCUT2D eigenvalue weighted by Gasteiger charge is 2.26. The smallest absolute Gasteiger partial charge is 0.410 e. The molecule has 1 aromatic rings. The average Bonchev–Trinajstić information content (AvgIpc) is 2.38. The van der Waals surface area contributed by atoms with E-state index in [4.69, 9.17) is 4.74 Å². The second-order valence-electron chi connectivity index (χ2n) is 5.99. The number of aryl methyl sites for hydroxylation is 1. The molecule has 0 atom stereocenters. The number of amides is 1. The third-order valence-corrected chi connectivity index (χ3v) is 3.04. The summed E-state index contributed by atoms with van der Waals surface area (Å²) in [5.74, 6) is 0.861. The number of piperazine rings is 1. The number of aromatic nitrogens is 2. The van der Waals surface area contributed by atoms with Crippen molar-refractivity contribution < 1.29 is 9.53 Å². The van der Waals surface area contributed by atoms with E-state index in [1.807, 2.05) is 39.8 Å². The van der Waals surface area contributed by atoms with Gasteiger partial charge in [0.25, 0.3) is 0 Å². The van der Waals surface area contributed by atoms with Crippen LogP contribution in [0.1, 0.15) is 26.5 Å². The number of hydrogen-bond donors (Lipinski definition) is 0. The number of hydrogen-bond acceptors (Lipinski definition) is 5. The van der Waals surface area contributed by atoms with Crippen molar-refractivity contribution in [3.05, 3.63) is 17.8 Å². The Morgan fingerprint density at radius 2 is 1.80 bits per heavy atom. The van der Waals surface area contributed by atoms with Gasteiger partial charge in [-0.2, -0.15) is 5.10 Å². The van der Waals surface area contributed by atoms with Crippen molar-refractivity contribution in [3.63, 3.8) is 0 Å². The van der Waals surface area contributed by atoms with Gasteiger partial charge in [-0.1, -0.05) is 0 Å². The second kappa shape index (κ2) is 5.64. The minimum Gasteiger partial charge on any atom is -0.444 e. The van der Waals surface area contributed by atoms with Crippen LogP contribution in [0.4, 0.5) is 10.6 Å². The summed E-state index contributed by atoms with van der Waals surface area (Å²) in [6.45, 7) is 10.3. The van der Waals surface area contributed by atoms with Gasteiger partial charge in [-0.3, -0.25) is 0 Å². The number of ether oxygens (including phenoxy) is 1. The molecule has 20 heavy (non-hydrogen) atoms. The Morgan fingerprint density at radius 1 is 1.15 bits per heavy atom. The maximum Gasteiger partial charge on any atom is 0.410 e. The molecule has 0 unspecified atom stereocenters. The molecule has 1 aromatic heterocycles. The predicted octanol–water partition coefficient (Wildman–Crippen LogP) is 1.84. The van der Waals surface area contributed by atoms with E-state index in [0.29, 0.717) is 13.1 Å². The Morgan fingerprint density at radius 3 is 2.30 bits per heavy atom. The van der Waals surface area contributed by atoms with Crippen LogP contribution in [0.2, 0.25) is 0 Å². The Balaban J connectivity index is 1.89. The van der Waals surface area contributed by atoms with Crippen LogP contribution in [0.25, 0.3) is 0 Å². The molecule has 1 aliphatic heterocycles. The van der Waals surface area contributed by atoms with Crippen LogP contribution >= 0.6 is 0 Å². The van der Waals surface area contributed by atoms with E-state index >= 15 is 0 Å². The van der Waals surface area contributed by atoms with Crippen molar-refractivity contribution in [1.82, 2.24) is 15.1 Å². The van der Waals surface area contributed by atoms with E-state index in [9.17, 15) is 4.79 Å². The first kappa shape index (κ1) is 14.6. The van der Waals surface area contributed by atoms with Crippen LogP contribution in [0, 0.1) is 6.92 Å². The molecule has 0 aliphatic carbocycles. The van der Waals surface area contributed by atoms with Crippen molar-refractivity contribution in [2.75, 3.05) is 31.1 Å². The summed E-state index contributed by atoms with van der Waals surface area (Å²) >= 11 is 0. The number of carbonyl (C=O) groups is 1. The molecule has 0 bridgehead atoms. The Kier molecular flexibility index (Phi) is 4.11. The van der Waals surface area contributed by atoms with Gasteiger partial charge in [-0.25, -0.2) is 4.79 Å². The van der Waals surface area contributed by atoms with Gasteiger partial charge in [0.1, 0.15) is 5.60 Å². The lowest BCUT2D eigenvalue weighted by Crippen LogP contribution is -2.50. The molecule has 0 aromatic carbocycles. The molecular formula is C14H22N4O2. The third-order valence-electron chi connectivity index (χ3n) is 3.04. The minimum absolute atomic E-state index is 0.243. The molecule has 0 N–H and O–H groups in total. The first-order valence-corrected chi connectivity index (χ1v) is 6.88. The van der Waals surface area contributed by atoms with Crippen molar-refractivity contribution in [2.24, 2.45) is 0 Å². The van der Waals surface area contributed by atoms with Crippen LogP contribution in [0.15, 0.2) is 12.1 Å². The lowest BCUT2D eigenvalue weighted by molar-refractivity contribution is 0.0240. The highest BCUT2D eigenvalue weighted by atomic mass is 16.6. The van der Waals surface area contributed by atoms with Gasteiger partial charge in [0.2, 0.25) is 0 Å². The fourth-order valence-electron chi connectivity index (χ4n) is 2.01. The molecule has 0 saturated carbocycles. The fourth-order valence-corrected chi connectivity index (χ4v) is 2.01. The van der Waals surface area contributed by atoms with Gasteiger partial charge in [-0.15, -0.1) is 5.10 Å². The summed E-state index contributed by atoms with van der Waals surface area (Å²) in [6, 6.07) is 3.91. The largest absolute Gasteiger partial charge is 0.444 e. The molecule has 6 nitrogen and oxygen atoms in total. The van der Waals surface area contributed by atoms with Crippen molar-refractivity contribution in [1.29, 1.82) is 0 Å². The molecule has 1 saturated heterocycles. The van der Waals surface area contributed by atoms with Crippen molar-refractivity contribution in [3.8, 4) is 0 Å². The van der Waals surface area contributed by atoms with Crippen LogP contribution in [0.5, 0.6) is 0 Å². The van der Waals surface area contributed by atoms with Crippen LogP contribution < -0.4 is 4.90 Å². The quantitative estimate of drug-likeness (QED) is 0.784. The number of rotatable bonds is 1. The minimum atomic E-state index is -0.448. The van der Waals surface area contributed by atoms with Gasteiger partial charge in [0, 0.05) is 26.2 Å². The first-order valence-electron chi connectivity index (χ1n) is 6.88. The molecule has 2 rings (SSSR count). The summed E-state index contributed by atoms with van der Waals surface area (Å²) in [5.41, 5.74) is 0.456. The van der Waals surface area contributed by atoms with E-state index < -0.39 is 5.60 Å². The molecule has 1 amide bonds. The van der Waals surface area contributed by atoms with Crippen molar-refractivity contribution >= 4 is 11.9 Å². The standard InChI is InChI=1S/C14H22N4O2/c1-11-5-6-12(16-15-11)17-7-9-18(10-8-17)13(19)20-14(2,3)4/h5-6H,7-10H2,1-4H3. The van der Waals surface area contributed by atoms with Gasteiger partial charge < -0.3 is 14.5 Å². The number of anilines is 1. The van der Waals surface area contributed by atoms with E-state index in [-0.39, 0.29) is 6.09 Å². The molecule has 6 heteroatoms. The predicted molar refractivity (Wildman–Crippen MR) is 76.8 cm³/mol. The maximum atomic E-state index is 12.0. The van der Waals surface area contributed by atoms with Gasteiger partial charge >= 0.3 is 6.09 Å². The molecule has 110 valence electrons. The summed E-state index contributed by atoms with van der Waals surface area (Å²) < 4.78 is 5.37. The summed E-state index contributed by atoms with van der Waals surface area (Å²) in [7, 11) is 0. The van der Waals surface area contributed by atoms with E-state index in [1.165, 1.54) is 0 Å². The lowest BCUT2D eigenvalue weighted by atomic mass is 10.2. The van der Waals surface area contributed by atoms with Gasteiger partial charge in [0.05, 0.1) is 5.69 Å². The molecule has 0 radical (unpaired) electrons. The molecule has 0 spiro atoms. The lowest BCUT2D eigenvalue weighted by Gasteiger charge is -2.35. The molecule has 1 aliphatic rings. The SMILES string of the molecule is Cc1ccc(N2CCN(C(=O)OC(C)(C)C)CC2)nn1. The maximum absolute atomic E-state index is 12.0. The zero-order valence-corrected chi connectivity index (χ0v) is 12.6. The number of nitrogens with zero attached hydrogens (tertiary/aromatic N) is 4. The monoisotopic (exact) mass is 278 g/mol. The third kappa shape index (κ3) is 3.82. The number of carbonyl (C=O) groups excluding carboxylic acids is 1. The van der Waals surface area contributed by atoms with Crippen LogP contribution in [-0.2, 0) is 4.74 Å². The normalized spacial score (nSPS) is 16.2. The molecule has 2 heterocycles. The fraction of sp³-hybridized carbons (Fsp3) is 0.643. The van der Waals surface area contributed by atoms with Crippen LogP contribution in [0.3, 0.4) is 0 Å². The Bertz CT molecular complexity index is 459. The van der Waals surface area contributed by atoms with E-state index in [2.05, 4.69) is 15.1 Å². The van der Waals surface area contributed by atoms with Gasteiger partial charge in [-0.05, 0) is 39.8 Å².